The fourth-order valence-corrected chi connectivity index (χ4v) is 4.52. The molecule has 0 aliphatic carbocycles. The first-order valence-corrected chi connectivity index (χ1v) is 10.1. The molecule has 0 aromatic heterocycles. The molecule has 3 N–H and O–H groups in total. The van der Waals surface area contributed by atoms with Gasteiger partial charge in [0.05, 0.1) is 0 Å². The zero-order valence-electron chi connectivity index (χ0n) is 16.3. The largest absolute Gasteiger partial charge is 0.322 e. The number of nitrogens with zero attached hydrogens (tertiary/aromatic N) is 1. The fourth-order valence-electron chi connectivity index (χ4n) is 4.52. The molecule has 3 amide bonds. The number of carbonyl (C=O) groups is 3. The van der Waals surface area contributed by atoms with Crippen LogP contribution in [0.1, 0.15) is 54.1 Å². The van der Waals surface area contributed by atoms with E-state index in [1.54, 1.807) is 4.90 Å². The number of nitrogens with one attached hydrogen (secondary N) is 3. The maximum Gasteiger partial charge on any atom is 0.255 e. The predicted octanol–water partition coefficient (Wildman–Crippen LogP) is 0.927. The Kier molecular flexibility index (Phi) is 5.21. The van der Waals surface area contributed by atoms with Gasteiger partial charge in [0.2, 0.25) is 11.8 Å². The van der Waals surface area contributed by atoms with Gasteiger partial charge in [0, 0.05) is 31.6 Å². The summed E-state index contributed by atoms with van der Waals surface area (Å²) in [5.74, 6) is -0.741. The number of imide groups is 1. The topological polar surface area (TPSA) is 90.5 Å². The molecule has 3 aliphatic rings. The molecule has 1 atom stereocenters. The van der Waals surface area contributed by atoms with Crippen molar-refractivity contribution in [2.45, 2.75) is 51.7 Å². The Morgan fingerprint density at radius 3 is 2.75 bits per heavy atom. The Labute approximate surface area is 165 Å². The van der Waals surface area contributed by atoms with Crippen molar-refractivity contribution in [3.05, 3.63) is 34.9 Å². The highest BCUT2D eigenvalue weighted by Gasteiger charge is 2.39. The van der Waals surface area contributed by atoms with Crippen molar-refractivity contribution in [3.8, 4) is 0 Å². The molecule has 1 aromatic rings. The minimum atomic E-state index is -0.563. The molecule has 7 heteroatoms. The van der Waals surface area contributed by atoms with Gasteiger partial charge < -0.3 is 15.5 Å². The van der Waals surface area contributed by atoms with E-state index in [1.807, 2.05) is 12.1 Å². The van der Waals surface area contributed by atoms with Crippen molar-refractivity contribution < 1.29 is 14.4 Å². The molecule has 28 heavy (non-hydrogen) atoms. The minimum absolute atomic E-state index is 0.114. The van der Waals surface area contributed by atoms with Crippen LogP contribution in [-0.4, -0.2) is 48.3 Å². The first-order chi connectivity index (χ1) is 13.5. The van der Waals surface area contributed by atoms with Crippen molar-refractivity contribution in [2.24, 2.45) is 5.41 Å². The first kappa shape index (κ1) is 19.1. The standard InChI is InChI=1S/C21H28N4O3/c1-21(7-9-22-10-8-21)13-23-11-14-3-2-4-15-16(14)12-25(20(15)28)17-5-6-18(26)24-19(17)27/h2-4,17,22-23H,5-13H2,1H3,(H,24,26,27). The summed E-state index contributed by atoms with van der Waals surface area (Å²) in [7, 11) is 0. The van der Waals surface area contributed by atoms with Gasteiger partial charge in [0.1, 0.15) is 6.04 Å². The van der Waals surface area contributed by atoms with Gasteiger partial charge in [-0.1, -0.05) is 19.1 Å². The smallest absolute Gasteiger partial charge is 0.255 e. The van der Waals surface area contributed by atoms with Crippen LogP contribution in [0, 0.1) is 5.41 Å². The number of hydrogen-bond acceptors (Lipinski definition) is 5. The molecule has 0 saturated carbocycles. The van der Waals surface area contributed by atoms with E-state index in [0.29, 0.717) is 30.5 Å². The van der Waals surface area contributed by atoms with Crippen molar-refractivity contribution in [1.82, 2.24) is 20.9 Å². The van der Waals surface area contributed by atoms with Gasteiger partial charge in [-0.05, 0) is 55.0 Å². The molecule has 3 heterocycles. The molecule has 1 unspecified atom stereocenters. The van der Waals surface area contributed by atoms with Crippen LogP contribution < -0.4 is 16.0 Å². The summed E-state index contributed by atoms with van der Waals surface area (Å²) in [5, 5.41) is 9.34. The molecule has 1 aromatic carbocycles. The van der Waals surface area contributed by atoms with Crippen LogP contribution >= 0.6 is 0 Å². The van der Waals surface area contributed by atoms with Crippen LogP contribution in [0.3, 0.4) is 0 Å². The predicted molar refractivity (Wildman–Crippen MR) is 104 cm³/mol. The van der Waals surface area contributed by atoms with Gasteiger partial charge in [-0.15, -0.1) is 0 Å². The number of fused-ring (bicyclic) bond motifs is 1. The second-order valence-electron chi connectivity index (χ2n) is 8.51. The van der Waals surface area contributed by atoms with Crippen molar-refractivity contribution in [3.63, 3.8) is 0 Å². The van der Waals surface area contributed by atoms with Crippen molar-refractivity contribution >= 4 is 17.7 Å². The van der Waals surface area contributed by atoms with E-state index in [1.165, 1.54) is 0 Å². The molecular formula is C21H28N4O3. The third-order valence-electron chi connectivity index (χ3n) is 6.36. The van der Waals surface area contributed by atoms with E-state index in [9.17, 15) is 14.4 Å². The average Bonchev–Trinajstić information content (AvgIpc) is 3.00. The molecule has 3 aliphatic heterocycles. The number of piperidine rings is 2. The molecule has 2 fully saturated rings. The molecular weight excluding hydrogens is 356 g/mol. The van der Waals surface area contributed by atoms with E-state index >= 15 is 0 Å². The number of amides is 3. The van der Waals surface area contributed by atoms with Crippen molar-refractivity contribution in [2.75, 3.05) is 19.6 Å². The number of hydrogen-bond donors (Lipinski definition) is 3. The van der Waals surface area contributed by atoms with Gasteiger partial charge in [0.15, 0.2) is 0 Å². The molecule has 7 nitrogen and oxygen atoms in total. The quantitative estimate of drug-likeness (QED) is 0.657. The maximum atomic E-state index is 12.9. The maximum absolute atomic E-state index is 12.9. The van der Waals surface area contributed by atoms with E-state index in [-0.39, 0.29) is 24.1 Å². The van der Waals surface area contributed by atoms with Crippen LogP contribution in [0.5, 0.6) is 0 Å². The van der Waals surface area contributed by atoms with E-state index in [4.69, 9.17) is 0 Å². The Morgan fingerprint density at radius 1 is 1.21 bits per heavy atom. The van der Waals surface area contributed by atoms with Gasteiger partial charge in [-0.2, -0.15) is 0 Å². The Morgan fingerprint density at radius 2 is 2.00 bits per heavy atom. The average molecular weight is 384 g/mol. The van der Waals surface area contributed by atoms with Crippen LogP contribution in [0.4, 0.5) is 0 Å². The Bertz CT molecular complexity index is 801. The first-order valence-electron chi connectivity index (χ1n) is 10.1. The SMILES string of the molecule is CC1(CNCc2cccc3c2CN(C2CCC(=O)NC2=O)C3=O)CCNCC1. The summed E-state index contributed by atoms with van der Waals surface area (Å²) in [5.41, 5.74) is 3.09. The highest BCUT2D eigenvalue weighted by molar-refractivity contribution is 6.05. The molecule has 150 valence electrons. The summed E-state index contributed by atoms with van der Waals surface area (Å²) in [4.78, 5) is 38.1. The lowest BCUT2D eigenvalue weighted by Crippen LogP contribution is -2.52. The normalized spacial score (nSPS) is 24.2. The highest BCUT2D eigenvalue weighted by Crippen LogP contribution is 2.30. The molecule has 2 saturated heterocycles. The van der Waals surface area contributed by atoms with Crippen LogP contribution in [-0.2, 0) is 22.7 Å². The van der Waals surface area contributed by atoms with Crippen LogP contribution in [0.15, 0.2) is 18.2 Å². The Balaban J connectivity index is 1.44. The number of rotatable bonds is 5. The summed E-state index contributed by atoms with van der Waals surface area (Å²) < 4.78 is 0. The zero-order valence-corrected chi connectivity index (χ0v) is 16.3. The number of benzene rings is 1. The molecule has 0 bridgehead atoms. The number of carbonyl (C=O) groups excluding carboxylic acids is 3. The van der Waals surface area contributed by atoms with Gasteiger partial charge in [-0.25, -0.2) is 0 Å². The lowest BCUT2D eigenvalue weighted by atomic mass is 9.81. The second kappa shape index (κ2) is 7.64. The van der Waals surface area contributed by atoms with Gasteiger partial charge in [0.25, 0.3) is 5.91 Å². The minimum Gasteiger partial charge on any atom is -0.322 e. The van der Waals surface area contributed by atoms with Gasteiger partial charge in [-0.3, -0.25) is 19.7 Å². The van der Waals surface area contributed by atoms with Crippen LogP contribution in [0.2, 0.25) is 0 Å². The summed E-state index contributed by atoms with van der Waals surface area (Å²) >= 11 is 0. The monoisotopic (exact) mass is 384 g/mol. The van der Waals surface area contributed by atoms with Crippen molar-refractivity contribution in [1.29, 1.82) is 0 Å². The third-order valence-corrected chi connectivity index (χ3v) is 6.36. The third kappa shape index (κ3) is 3.69. The zero-order chi connectivity index (χ0) is 19.7. The summed E-state index contributed by atoms with van der Waals surface area (Å²) in [6.07, 6.45) is 2.99. The Hall–Kier alpha value is -2.25. The summed E-state index contributed by atoms with van der Waals surface area (Å²) in [6.45, 7) is 6.54. The summed E-state index contributed by atoms with van der Waals surface area (Å²) in [6, 6.07) is 5.24. The van der Waals surface area contributed by atoms with E-state index < -0.39 is 6.04 Å². The van der Waals surface area contributed by atoms with E-state index in [0.717, 1.165) is 43.6 Å². The lowest BCUT2D eigenvalue weighted by molar-refractivity contribution is -0.136. The van der Waals surface area contributed by atoms with Gasteiger partial charge >= 0.3 is 0 Å². The second-order valence-corrected chi connectivity index (χ2v) is 8.51. The molecule has 0 spiro atoms. The fraction of sp³-hybridized carbons (Fsp3) is 0.571. The molecule has 0 radical (unpaired) electrons. The molecule has 4 rings (SSSR count). The van der Waals surface area contributed by atoms with E-state index in [2.05, 4.69) is 28.9 Å². The van der Waals surface area contributed by atoms with Crippen LogP contribution in [0.25, 0.3) is 0 Å². The highest BCUT2D eigenvalue weighted by atomic mass is 16.2. The lowest BCUT2D eigenvalue weighted by Gasteiger charge is -2.34.